The van der Waals surface area contributed by atoms with Crippen LogP contribution < -0.4 is 0 Å². The minimum absolute atomic E-state index is 0.210. The smallest absolute Gasteiger partial charge is 0.333 e. The summed E-state index contributed by atoms with van der Waals surface area (Å²) in [7, 11) is 0. The predicted molar refractivity (Wildman–Crippen MR) is 59.4 cm³/mol. The highest BCUT2D eigenvalue weighted by Crippen LogP contribution is 2.42. The van der Waals surface area contributed by atoms with E-state index in [-0.39, 0.29) is 5.56 Å². The van der Waals surface area contributed by atoms with Gasteiger partial charge in [0.2, 0.25) is 0 Å². The molecule has 1 atom stereocenters. The molecule has 0 heterocycles. The Balaban J connectivity index is 3.27. The molecule has 0 spiro atoms. The lowest BCUT2D eigenvalue weighted by Crippen LogP contribution is -2.38. The third kappa shape index (κ3) is 2.55. The van der Waals surface area contributed by atoms with Crippen molar-refractivity contribution >= 4 is 15.9 Å². The molecule has 1 nitrogen and oxygen atoms in total. The molecule has 0 amide bonds. The Morgan fingerprint density at radius 1 is 1.13 bits per heavy atom. The fourth-order valence-corrected chi connectivity index (χ4v) is 1.65. The molecule has 84 valence electrons. The second-order valence-corrected chi connectivity index (χ2v) is 4.94. The van der Waals surface area contributed by atoms with E-state index in [4.69, 9.17) is 0 Å². The fraction of sp³-hybridized carbons (Fsp3) is 0.455. The van der Waals surface area contributed by atoms with Gasteiger partial charge in [-0.05, 0) is 42.3 Å². The molecule has 1 rings (SSSR count). The molecule has 0 aromatic heterocycles. The highest BCUT2D eigenvalue weighted by Gasteiger charge is 2.48. The van der Waals surface area contributed by atoms with Crippen molar-refractivity contribution < 1.29 is 13.9 Å². The maximum absolute atomic E-state index is 13.1. The number of hydrogen-bond donors (Lipinski definition) is 1. The van der Waals surface area contributed by atoms with Gasteiger partial charge in [0.05, 0.1) is 0 Å². The van der Waals surface area contributed by atoms with E-state index in [1.165, 1.54) is 0 Å². The van der Waals surface area contributed by atoms with Gasteiger partial charge in [-0.3, -0.25) is 0 Å². The molecule has 0 aliphatic heterocycles. The van der Waals surface area contributed by atoms with Crippen molar-refractivity contribution in [2.75, 3.05) is 0 Å². The number of aryl methyl sites for hydroxylation is 2. The molecule has 0 aliphatic rings. The van der Waals surface area contributed by atoms with E-state index in [0.29, 0.717) is 0 Å². The van der Waals surface area contributed by atoms with Crippen LogP contribution in [0.3, 0.4) is 0 Å². The zero-order chi connectivity index (χ0) is 11.9. The minimum atomic E-state index is -3.35. The minimum Gasteiger partial charge on any atom is -0.378 e. The molecular weight excluding hydrogens is 266 g/mol. The first kappa shape index (κ1) is 12.6. The summed E-state index contributed by atoms with van der Waals surface area (Å²) >= 11 is 2.20. The van der Waals surface area contributed by atoms with E-state index in [0.717, 1.165) is 18.1 Å². The van der Waals surface area contributed by atoms with Crippen molar-refractivity contribution in [3.8, 4) is 0 Å². The van der Waals surface area contributed by atoms with Gasteiger partial charge in [0.25, 0.3) is 0 Å². The monoisotopic (exact) mass is 278 g/mol. The average molecular weight is 279 g/mol. The lowest BCUT2D eigenvalue weighted by atomic mass is 9.93. The summed E-state index contributed by atoms with van der Waals surface area (Å²) in [5, 5.41) is 9.77. The lowest BCUT2D eigenvalue weighted by molar-refractivity contribution is -0.109. The molecular formula is C11H13BrF2O. The quantitative estimate of drug-likeness (QED) is 0.821. The van der Waals surface area contributed by atoms with Crippen LogP contribution in [0.4, 0.5) is 8.78 Å². The molecule has 1 unspecified atom stereocenters. The first-order chi connectivity index (χ1) is 6.64. The highest BCUT2D eigenvalue weighted by molar-refractivity contribution is 9.10. The zero-order valence-corrected chi connectivity index (χ0v) is 10.4. The van der Waals surface area contributed by atoms with Crippen LogP contribution in [0.15, 0.2) is 18.2 Å². The number of rotatable bonds is 2. The van der Waals surface area contributed by atoms with Crippen LogP contribution in [-0.2, 0) is 5.60 Å². The van der Waals surface area contributed by atoms with Gasteiger partial charge in [-0.1, -0.05) is 29.3 Å². The molecule has 15 heavy (non-hydrogen) atoms. The second kappa shape index (κ2) is 3.83. The Bertz CT molecular complexity index is 349. The zero-order valence-electron chi connectivity index (χ0n) is 8.81. The Morgan fingerprint density at radius 2 is 1.53 bits per heavy atom. The number of alkyl halides is 3. The topological polar surface area (TPSA) is 20.2 Å². The summed E-state index contributed by atoms with van der Waals surface area (Å²) in [5.41, 5.74) is -0.296. The van der Waals surface area contributed by atoms with Crippen LogP contribution in [-0.4, -0.2) is 9.94 Å². The molecule has 0 aliphatic carbocycles. The molecule has 0 saturated heterocycles. The Morgan fingerprint density at radius 3 is 1.87 bits per heavy atom. The van der Waals surface area contributed by atoms with E-state index in [2.05, 4.69) is 15.9 Å². The maximum Gasteiger partial charge on any atom is 0.333 e. The van der Waals surface area contributed by atoms with Crippen molar-refractivity contribution in [2.45, 2.75) is 31.2 Å². The molecule has 0 bridgehead atoms. The summed E-state index contributed by atoms with van der Waals surface area (Å²) in [6.45, 7) is 4.70. The summed E-state index contributed by atoms with van der Waals surface area (Å²) in [6, 6.07) is 4.98. The number of halogens is 3. The Kier molecular flexibility index (Phi) is 3.22. The molecule has 4 heteroatoms. The van der Waals surface area contributed by atoms with Crippen LogP contribution in [0.5, 0.6) is 0 Å². The average Bonchev–Trinajstić information content (AvgIpc) is 1.99. The van der Waals surface area contributed by atoms with Crippen LogP contribution in [0, 0.1) is 13.8 Å². The van der Waals surface area contributed by atoms with E-state index in [9.17, 15) is 13.9 Å². The molecule has 1 aromatic rings. The van der Waals surface area contributed by atoms with Gasteiger partial charge in [-0.15, -0.1) is 0 Å². The third-order valence-corrected chi connectivity index (χ3v) is 3.11. The molecule has 1 aromatic carbocycles. The van der Waals surface area contributed by atoms with Crippen molar-refractivity contribution in [1.82, 2.24) is 0 Å². The Hall–Kier alpha value is -0.480. The maximum atomic E-state index is 13.1. The summed E-state index contributed by atoms with van der Waals surface area (Å²) < 4.78 is 26.2. The van der Waals surface area contributed by atoms with Crippen molar-refractivity contribution in [2.24, 2.45) is 0 Å². The highest BCUT2D eigenvalue weighted by atomic mass is 79.9. The summed E-state index contributed by atoms with van der Waals surface area (Å²) in [5.74, 6) is 0. The molecule has 0 radical (unpaired) electrons. The van der Waals surface area contributed by atoms with Crippen molar-refractivity contribution in [3.63, 3.8) is 0 Å². The van der Waals surface area contributed by atoms with E-state index in [1.807, 2.05) is 6.07 Å². The third-order valence-electron chi connectivity index (χ3n) is 2.34. The van der Waals surface area contributed by atoms with Gasteiger partial charge < -0.3 is 5.11 Å². The Labute approximate surface area is 96.2 Å². The normalized spacial score (nSPS) is 16.2. The van der Waals surface area contributed by atoms with Gasteiger partial charge >= 0.3 is 4.83 Å². The first-order valence-corrected chi connectivity index (χ1v) is 5.32. The van der Waals surface area contributed by atoms with Crippen molar-refractivity contribution in [3.05, 3.63) is 34.9 Å². The number of hydrogen-bond acceptors (Lipinski definition) is 1. The second-order valence-electron chi connectivity index (χ2n) is 3.95. The number of benzene rings is 1. The first-order valence-electron chi connectivity index (χ1n) is 4.52. The van der Waals surface area contributed by atoms with Crippen LogP contribution in [0.2, 0.25) is 0 Å². The summed E-state index contributed by atoms with van der Waals surface area (Å²) in [4.78, 5) is -3.35. The van der Waals surface area contributed by atoms with Crippen LogP contribution in [0.25, 0.3) is 0 Å². The van der Waals surface area contributed by atoms with E-state index in [1.54, 1.807) is 26.0 Å². The van der Waals surface area contributed by atoms with Gasteiger partial charge in [-0.25, -0.2) is 0 Å². The van der Waals surface area contributed by atoms with Gasteiger partial charge in [0.1, 0.15) is 0 Å². The largest absolute Gasteiger partial charge is 0.378 e. The van der Waals surface area contributed by atoms with E-state index < -0.39 is 10.4 Å². The SMILES string of the molecule is Cc1cc(C)cc(C(C)(O)C(F)(F)Br)c1. The standard InChI is InChI=1S/C11H13BrF2O/c1-7-4-8(2)6-9(5-7)10(3,15)11(12,13)14/h4-6,15H,1-3H3. The lowest BCUT2D eigenvalue weighted by Gasteiger charge is -2.29. The molecule has 0 saturated carbocycles. The van der Waals surface area contributed by atoms with Crippen LogP contribution in [0.1, 0.15) is 23.6 Å². The van der Waals surface area contributed by atoms with Gasteiger partial charge in [0.15, 0.2) is 5.60 Å². The summed E-state index contributed by atoms with van der Waals surface area (Å²) in [6.07, 6.45) is 0. The molecule has 1 N–H and O–H groups in total. The van der Waals surface area contributed by atoms with Crippen LogP contribution >= 0.6 is 15.9 Å². The fourth-order valence-electron chi connectivity index (χ4n) is 1.42. The van der Waals surface area contributed by atoms with Gasteiger partial charge in [0, 0.05) is 0 Å². The van der Waals surface area contributed by atoms with Crippen molar-refractivity contribution in [1.29, 1.82) is 0 Å². The molecule has 0 fully saturated rings. The van der Waals surface area contributed by atoms with E-state index >= 15 is 0 Å². The van der Waals surface area contributed by atoms with Gasteiger partial charge in [-0.2, -0.15) is 8.78 Å². The predicted octanol–water partition coefficient (Wildman–Crippen LogP) is 3.50. The number of aliphatic hydroxyl groups is 1.